The minimum Gasteiger partial charge on any atom is -0.361 e. The van der Waals surface area contributed by atoms with E-state index < -0.39 is 5.41 Å². The van der Waals surface area contributed by atoms with Crippen LogP contribution in [0.2, 0.25) is 0 Å². The first-order chi connectivity index (χ1) is 18.6. The van der Waals surface area contributed by atoms with Crippen LogP contribution in [-0.4, -0.2) is 17.8 Å². The molecule has 5 rings (SSSR count). The zero-order chi connectivity index (χ0) is 26.2. The van der Waals surface area contributed by atoms with Crippen molar-refractivity contribution in [3.05, 3.63) is 156 Å². The van der Waals surface area contributed by atoms with Gasteiger partial charge in [0.1, 0.15) is 5.41 Å². The van der Waals surface area contributed by atoms with Crippen molar-refractivity contribution >= 4 is 29.2 Å². The highest BCUT2D eigenvalue weighted by molar-refractivity contribution is 6.20. The summed E-state index contributed by atoms with van der Waals surface area (Å²) in [5.74, 6) is -0.368. The van der Waals surface area contributed by atoms with Gasteiger partial charge in [0.25, 0.3) is 0 Å². The molecular formula is C34H28N2O2. The topological polar surface area (TPSA) is 58.5 Å². The van der Waals surface area contributed by atoms with Crippen molar-refractivity contribution in [2.75, 3.05) is 5.32 Å². The largest absolute Gasteiger partial charge is 0.361 e. The average Bonchev–Trinajstić information content (AvgIpc) is 3.00. The number of hydrogen-bond acceptors (Lipinski definition) is 4. The van der Waals surface area contributed by atoms with E-state index in [0.29, 0.717) is 11.1 Å². The van der Waals surface area contributed by atoms with Gasteiger partial charge in [0.05, 0.1) is 5.69 Å². The summed E-state index contributed by atoms with van der Waals surface area (Å²) in [5.41, 5.74) is 3.13. The summed E-state index contributed by atoms with van der Waals surface area (Å²) in [6, 6.07) is 37.7. The Balaban J connectivity index is 1.61. The molecule has 0 atom stereocenters. The molecule has 0 radical (unpaired) electrons. The summed E-state index contributed by atoms with van der Waals surface area (Å²) in [4.78, 5) is 33.1. The number of anilines is 1. The lowest BCUT2D eigenvalue weighted by Gasteiger charge is -2.35. The summed E-state index contributed by atoms with van der Waals surface area (Å²) in [5, 5.41) is 3.33. The molecule has 0 saturated heterocycles. The fraction of sp³-hybridized carbons (Fsp3) is 0.0882. The first-order valence-corrected chi connectivity index (χ1v) is 12.6. The van der Waals surface area contributed by atoms with Gasteiger partial charge in [0, 0.05) is 29.2 Å². The minimum atomic E-state index is -1.31. The fourth-order valence-electron chi connectivity index (χ4n) is 4.81. The van der Waals surface area contributed by atoms with Gasteiger partial charge in [-0.1, -0.05) is 103 Å². The third kappa shape index (κ3) is 5.60. The molecule has 1 aliphatic carbocycles. The number of aliphatic imine (C=N–C) groups is 1. The van der Waals surface area contributed by atoms with E-state index in [9.17, 15) is 9.59 Å². The van der Waals surface area contributed by atoms with E-state index in [0.717, 1.165) is 22.5 Å². The van der Waals surface area contributed by atoms with Crippen LogP contribution in [0.1, 0.15) is 33.6 Å². The van der Waals surface area contributed by atoms with E-state index in [1.165, 1.54) is 0 Å². The predicted octanol–water partition coefficient (Wildman–Crippen LogP) is 7.86. The number of para-hydroxylation sites is 2. The predicted molar refractivity (Wildman–Crippen MR) is 154 cm³/mol. The number of carbonyl (C=O) groups is 2. The van der Waals surface area contributed by atoms with E-state index >= 15 is 0 Å². The number of ketones is 2. The van der Waals surface area contributed by atoms with Crippen molar-refractivity contribution in [1.29, 1.82) is 0 Å². The molecule has 0 heterocycles. The summed E-state index contributed by atoms with van der Waals surface area (Å²) >= 11 is 0. The Morgan fingerprint density at radius 2 is 1.16 bits per heavy atom. The number of nitrogens with zero attached hydrogens (tertiary/aromatic N) is 1. The second-order valence-electron chi connectivity index (χ2n) is 9.37. The van der Waals surface area contributed by atoms with E-state index in [1.54, 1.807) is 30.5 Å². The molecule has 0 fully saturated rings. The molecular weight excluding hydrogens is 468 g/mol. The second-order valence-corrected chi connectivity index (χ2v) is 9.37. The smallest absolute Gasteiger partial charge is 0.177 e. The monoisotopic (exact) mass is 496 g/mol. The summed E-state index contributed by atoms with van der Waals surface area (Å²) in [6.07, 6.45) is 6.22. The normalized spacial score (nSPS) is 15.7. The Bertz CT molecular complexity index is 1440. The molecule has 1 N–H and O–H groups in total. The van der Waals surface area contributed by atoms with Crippen molar-refractivity contribution < 1.29 is 9.59 Å². The maximum absolute atomic E-state index is 14.2. The molecule has 186 valence electrons. The lowest BCUT2D eigenvalue weighted by atomic mass is 9.64. The number of Topliss-reactive ketones (excluding diaryl/α,β-unsaturated/α-hetero) is 2. The number of carbonyl (C=O) groups excluding carboxylic acids is 2. The highest BCUT2D eigenvalue weighted by Gasteiger charge is 2.48. The van der Waals surface area contributed by atoms with Crippen molar-refractivity contribution in [3.8, 4) is 0 Å². The summed E-state index contributed by atoms with van der Waals surface area (Å²) in [6.45, 7) is 0. The standard InChI is InChI=1S/C34H28N2O2/c37-32(28-13-5-1-6-14-28)34(33(38)29-15-7-2-8-16-29)22-26(24-35-30-17-9-3-10-18-30)21-27(23-34)25-36-31-19-11-4-12-20-31/h1-21,24-25,35H,22-23H2/b26-24-,36-25+. The molecule has 0 saturated carbocycles. The van der Waals surface area contributed by atoms with E-state index in [1.807, 2.05) is 109 Å². The molecule has 4 aromatic carbocycles. The minimum absolute atomic E-state index is 0.184. The molecule has 0 aromatic heterocycles. The summed E-state index contributed by atoms with van der Waals surface area (Å²) in [7, 11) is 0. The molecule has 0 amide bonds. The molecule has 1 aliphatic rings. The van der Waals surface area contributed by atoms with Crippen LogP contribution >= 0.6 is 0 Å². The molecule has 38 heavy (non-hydrogen) atoms. The van der Waals surface area contributed by atoms with Gasteiger partial charge in [0.15, 0.2) is 11.6 Å². The first kappa shape index (κ1) is 24.8. The molecule has 0 bridgehead atoms. The van der Waals surface area contributed by atoms with Crippen LogP contribution in [0, 0.1) is 5.41 Å². The second kappa shape index (κ2) is 11.5. The number of benzene rings is 4. The molecule has 0 spiro atoms. The highest BCUT2D eigenvalue weighted by atomic mass is 16.2. The Labute approximate surface area is 223 Å². The van der Waals surface area contributed by atoms with Crippen LogP contribution in [0.15, 0.2) is 150 Å². The van der Waals surface area contributed by atoms with Crippen LogP contribution in [0.25, 0.3) is 0 Å². The zero-order valence-electron chi connectivity index (χ0n) is 21.0. The molecule has 0 unspecified atom stereocenters. The van der Waals surface area contributed by atoms with Gasteiger partial charge in [-0.15, -0.1) is 0 Å². The Morgan fingerprint density at radius 3 is 1.71 bits per heavy atom. The van der Waals surface area contributed by atoms with E-state index in [-0.39, 0.29) is 24.4 Å². The van der Waals surface area contributed by atoms with Crippen molar-refractivity contribution in [2.24, 2.45) is 10.4 Å². The highest BCUT2D eigenvalue weighted by Crippen LogP contribution is 2.44. The maximum Gasteiger partial charge on any atom is 0.177 e. The van der Waals surface area contributed by atoms with Crippen LogP contribution in [0.3, 0.4) is 0 Å². The fourth-order valence-corrected chi connectivity index (χ4v) is 4.81. The van der Waals surface area contributed by atoms with Crippen LogP contribution in [0.5, 0.6) is 0 Å². The maximum atomic E-state index is 14.2. The van der Waals surface area contributed by atoms with Gasteiger partial charge in [-0.2, -0.15) is 0 Å². The van der Waals surface area contributed by atoms with Gasteiger partial charge in [0.2, 0.25) is 0 Å². The first-order valence-electron chi connectivity index (χ1n) is 12.6. The number of hydrogen-bond donors (Lipinski definition) is 1. The van der Waals surface area contributed by atoms with Gasteiger partial charge < -0.3 is 5.32 Å². The Kier molecular flexibility index (Phi) is 7.51. The molecule has 0 aliphatic heterocycles. The Morgan fingerprint density at radius 1 is 0.658 bits per heavy atom. The summed E-state index contributed by atoms with van der Waals surface area (Å²) < 4.78 is 0. The Hall–Kier alpha value is -4.83. The van der Waals surface area contributed by atoms with Crippen LogP contribution in [0.4, 0.5) is 11.4 Å². The molecule has 4 aromatic rings. The van der Waals surface area contributed by atoms with Gasteiger partial charge in [-0.3, -0.25) is 14.6 Å². The molecule has 4 heteroatoms. The van der Waals surface area contributed by atoms with E-state index in [4.69, 9.17) is 0 Å². The van der Waals surface area contributed by atoms with Crippen LogP contribution in [-0.2, 0) is 0 Å². The third-order valence-corrected chi connectivity index (χ3v) is 6.66. The lowest BCUT2D eigenvalue weighted by molar-refractivity contribution is 0.0657. The van der Waals surface area contributed by atoms with Gasteiger partial charge in [-0.25, -0.2) is 0 Å². The lowest BCUT2D eigenvalue weighted by Crippen LogP contribution is -2.42. The average molecular weight is 497 g/mol. The SMILES string of the molecule is O=C(c1ccccc1)C1(C(=O)c2ccccc2)CC(/C=N/c2ccccc2)=CC(=C/Nc2ccccc2)/C1. The molecule has 4 nitrogen and oxygen atoms in total. The number of nitrogens with one attached hydrogen (secondary N) is 1. The number of allylic oxidation sites excluding steroid dienone is 3. The van der Waals surface area contributed by atoms with E-state index in [2.05, 4.69) is 10.3 Å². The van der Waals surface area contributed by atoms with Crippen molar-refractivity contribution in [3.63, 3.8) is 0 Å². The zero-order valence-corrected chi connectivity index (χ0v) is 21.0. The number of rotatable bonds is 8. The van der Waals surface area contributed by atoms with Crippen molar-refractivity contribution in [1.82, 2.24) is 0 Å². The van der Waals surface area contributed by atoms with Crippen molar-refractivity contribution in [2.45, 2.75) is 12.8 Å². The van der Waals surface area contributed by atoms with Gasteiger partial charge >= 0.3 is 0 Å². The quantitative estimate of drug-likeness (QED) is 0.153. The van der Waals surface area contributed by atoms with Gasteiger partial charge in [-0.05, 0) is 48.3 Å². The third-order valence-electron chi connectivity index (χ3n) is 6.66. The van der Waals surface area contributed by atoms with Crippen LogP contribution < -0.4 is 5.32 Å².